The zero-order chi connectivity index (χ0) is 10.3. The molecule has 0 N–H and O–H groups in total. The summed E-state index contributed by atoms with van der Waals surface area (Å²) in [5.41, 5.74) is 0.858. The van der Waals surface area contributed by atoms with Crippen molar-refractivity contribution in [2.75, 3.05) is 0 Å². The normalized spacial score (nSPS) is 42.6. The van der Waals surface area contributed by atoms with E-state index < -0.39 is 0 Å². The molecule has 0 aromatic heterocycles. The summed E-state index contributed by atoms with van der Waals surface area (Å²) < 4.78 is 0. The molecule has 14 heavy (non-hydrogen) atoms. The molecule has 4 unspecified atom stereocenters. The molecule has 1 spiro atoms. The Morgan fingerprint density at radius 2 is 1.93 bits per heavy atom. The second-order valence-electron chi connectivity index (χ2n) is 6.43. The molecule has 0 aromatic carbocycles. The Bertz CT molecular complexity index is 206. The summed E-state index contributed by atoms with van der Waals surface area (Å²) in [4.78, 5) is 0. The van der Waals surface area contributed by atoms with E-state index >= 15 is 0 Å². The molecule has 82 valence electrons. The lowest BCUT2D eigenvalue weighted by Crippen LogP contribution is -2.28. The molecule has 0 aromatic rings. The van der Waals surface area contributed by atoms with Crippen molar-refractivity contribution in [3.8, 4) is 0 Å². The molecule has 0 nitrogen and oxygen atoms in total. The Balaban J connectivity index is 1.76. The van der Waals surface area contributed by atoms with E-state index in [9.17, 15) is 0 Å². The van der Waals surface area contributed by atoms with E-state index in [1.165, 1.54) is 19.3 Å². The van der Waals surface area contributed by atoms with Gasteiger partial charge in [0.2, 0.25) is 0 Å². The minimum Gasteiger partial charge on any atom is -0.0628 e. The average molecular weight is 194 g/mol. The smallest absolute Gasteiger partial charge is 0.0238 e. The van der Waals surface area contributed by atoms with E-state index in [0.717, 1.165) is 29.1 Å². The summed E-state index contributed by atoms with van der Waals surface area (Å²) in [6.07, 6.45) is 7.52. The molecule has 0 heteroatoms. The largest absolute Gasteiger partial charge is 0.0628 e. The van der Waals surface area contributed by atoms with Gasteiger partial charge in [-0.3, -0.25) is 0 Å². The van der Waals surface area contributed by atoms with Crippen LogP contribution in [0, 0.1) is 29.1 Å². The van der Waals surface area contributed by atoms with E-state index in [1.54, 1.807) is 12.8 Å². The van der Waals surface area contributed by atoms with Crippen LogP contribution >= 0.6 is 0 Å². The van der Waals surface area contributed by atoms with Crippen molar-refractivity contribution < 1.29 is 0 Å². The molecule has 0 saturated heterocycles. The molecule has 0 aliphatic heterocycles. The lowest BCUT2D eigenvalue weighted by molar-refractivity contribution is 0.129. The highest BCUT2D eigenvalue weighted by molar-refractivity contribution is 5.11. The van der Waals surface area contributed by atoms with Crippen LogP contribution in [0.4, 0.5) is 0 Å². The van der Waals surface area contributed by atoms with Crippen molar-refractivity contribution in [2.45, 2.75) is 59.8 Å². The predicted octanol–water partition coefficient (Wildman–Crippen LogP) is 4.49. The van der Waals surface area contributed by atoms with E-state index in [-0.39, 0.29) is 0 Å². The molecule has 2 fully saturated rings. The quantitative estimate of drug-likeness (QED) is 0.618. The van der Waals surface area contributed by atoms with Crippen molar-refractivity contribution in [1.82, 2.24) is 0 Å². The van der Waals surface area contributed by atoms with Crippen LogP contribution in [0.3, 0.4) is 0 Å². The molecule has 0 heterocycles. The molecule has 2 aliphatic carbocycles. The standard InChI is InChI=1S/C14H26/c1-10(2)5-6-11(3)13-9-14(13)8-7-12(14)4/h10-13H,5-9H2,1-4H3. The maximum absolute atomic E-state index is 2.49. The minimum atomic E-state index is 0.858. The van der Waals surface area contributed by atoms with Gasteiger partial charge in [-0.05, 0) is 48.3 Å². The molecule has 2 aliphatic rings. The van der Waals surface area contributed by atoms with Gasteiger partial charge in [0.05, 0.1) is 0 Å². The molecular formula is C14H26. The fourth-order valence-electron chi connectivity index (χ4n) is 3.57. The van der Waals surface area contributed by atoms with Gasteiger partial charge in [-0.1, -0.05) is 40.5 Å². The SMILES string of the molecule is CC(C)CCC(C)C1CC12CCC2C. The van der Waals surface area contributed by atoms with E-state index in [1.807, 2.05) is 0 Å². The first-order valence-corrected chi connectivity index (χ1v) is 6.56. The third-order valence-corrected chi connectivity index (χ3v) is 5.09. The minimum absolute atomic E-state index is 0.858. The van der Waals surface area contributed by atoms with Gasteiger partial charge in [-0.2, -0.15) is 0 Å². The first-order valence-electron chi connectivity index (χ1n) is 6.56. The highest BCUT2D eigenvalue weighted by Gasteiger charge is 2.62. The average Bonchev–Trinajstić information content (AvgIpc) is 2.89. The second kappa shape index (κ2) is 3.54. The summed E-state index contributed by atoms with van der Waals surface area (Å²) >= 11 is 0. The summed E-state index contributed by atoms with van der Waals surface area (Å²) in [5, 5.41) is 0. The Labute approximate surface area is 89.5 Å². The molecular weight excluding hydrogens is 168 g/mol. The van der Waals surface area contributed by atoms with Crippen molar-refractivity contribution >= 4 is 0 Å². The first kappa shape index (κ1) is 10.5. The lowest BCUT2D eigenvalue weighted by Gasteiger charge is -2.37. The third kappa shape index (κ3) is 1.61. The number of hydrogen-bond donors (Lipinski definition) is 0. The topological polar surface area (TPSA) is 0 Å². The van der Waals surface area contributed by atoms with Crippen molar-refractivity contribution in [3.63, 3.8) is 0 Å². The van der Waals surface area contributed by atoms with Crippen LogP contribution in [0.25, 0.3) is 0 Å². The number of rotatable bonds is 4. The summed E-state index contributed by atoms with van der Waals surface area (Å²) in [6.45, 7) is 9.66. The highest BCUT2D eigenvalue weighted by atomic mass is 14.7. The fraction of sp³-hybridized carbons (Fsp3) is 1.00. The van der Waals surface area contributed by atoms with Gasteiger partial charge in [0.25, 0.3) is 0 Å². The van der Waals surface area contributed by atoms with E-state index in [2.05, 4.69) is 27.7 Å². The van der Waals surface area contributed by atoms with Gasteiger partial charge >= 0.3 is 0 Å². The summed E-state index contributed by atoms with van der Waals surface area (Å²) in [6, 6.07) is 0. The van der Waals surface area contributed by atoms with Crippen LogP contribution in [-0.4, -0.2) is 0 Å². The second-order valence-corrected chi connectivity index (χ2v) is 6.43. The van der Waals surface area contributed by atoms with Crippen molar-refractivity contribution in [2.24, 2.45) is 29.1 Å². The van der Waals surface area contributed by atoms with Crippen LogP contribution < -0.4 is 0 Å². The van der Waals surface area contributed by atoms with Crippen LogP contribution in [0.5, 0.6) is 0 Å². The maximum Gasteiger partial charge on any atom is -0.0238 e. The third-order valence-electron chi connectivity index (χ3n) is 5.09. The Hall–Kier alpha value is 0. The lowest BCUT2D eigenvalue weighted by atomic mass is 9.68. The fourth-order valence-corrected chi connectivity index (χ4v) is 3.57. The molecule has 0 bridgehead atoms. The zero-order valence-corrected chi connectivity index (χ0v) is 10.3. The Morgan fingerprint density at radius 3 is 2.29 bits per heavy atom. The van der Waals surface area contributed by atoms with Crippen molar-refractivity contribution in [1.29, 1.82) is 0 Å². The van der Waals surface area contributed by atoms with Crippen LogP contribution in [0.15, 0.2) is 0 Å². The van der Waals surface area contributed by atoms with E-state index in [0.29, 0.717) is 0 Å². The van der Waals surface area contributed by atoms with Crippen molar-refractivity contribution in [3.05, 3.63) is 0 Å². The van der Waals surface area contributed by atoms with Gasteiger partial charge < -0.3 is 0 Å². The zero-order valence-electron chi connectivity index (χ0n) is 10.3. The summed E-state index contributed by atoms with van der Waals surface area (Å²) in [7, 11) is 0. The van der Waals surface area contributed by atoms with Gasteiger partial charge in [0.1, 0.15) is 0 Å². The monoisotopic (exact) mass is 194 g/mol. The molecule has 0 radical (unpaired) electrons. The van der Waals surface area contributed by atoms with Gasteiger partial charge in [-0.15, -0.1) is 0 Å². The van der Waals surface area contributed by atoms with Gasteiger partial charge in [-0.25, -0.2) is 0 Å². The van der Waals surface area contributed by atoms with Crippen LogP contribution in [0.2, 0.25) is 0 Å². The molecule has 2 rings (SSSR count). The molecule has 2 saturated carbocycles. The molecule has 0 amide bonds. The Kier molecular flexibility index (Phi) is 2.66. The van der Waals surface area contributed by atoms with Gasteiger partial charge in [0, 0.05) is 0 Å². The first-order chi connectivity index (χ1) is 6.56. The maximum atomic E-state index is 2.49. The van der Waals surface area contributed by atoms with Gasteiger partial charge in [0.15, 0.2) is 0 Å². The van der Waals surface area contributed by atoms with Crippen LogP contribution in [-0.2, 0) is 0 Å². The summed E-state index contributed by atoms with van der Waals surface area (Å²) in [5.74, 6) is 4.05. The predicted molar refractivity (Wildman–Crippen MR) is 62.2 cm³/mol. The van der Waals surface area contributed by atoms with Crippen LogP contribution in [0.1, 0.15) is 59.8 Å². The highest BCUT2D eigenvalue weighted by Crippen LogP contribution is 2.71. The van der Waals surface area contributed by atoms with E-state index in [4.69, 9.17) is 0 Å². The Morgan fingerprint density at radius 1 is 1.21 bits per heavy atom. The molecule has 4 atom stereocenters. The number of hydrogen-bond acceptors (Lipinski definition) is 0.